The Balaban J connectivity index is 1.95. The van der Waals surface area contributed by atoms with Gasteiger partial charge in [0, 0.05) is 0 Å². The second kappa shape index (κ2) is 7.28. The summed E-state index contributed by atoms with van der Waals surface area (Å²) in [4.78, 5) is 12.7. The van der Waals surface area contributed by atoms with E-state index in [1.54, 1.807) is 12.1 Å². The van der Waals surface area contributed by atoms with Crippen LogP contribution in [0.15, 0.2) is 42.5 Å². The van der Waals surface area contributed by atoms with E-state index in [1.807, 2.05) is 27.7 Å². The lowest BCUT2D eigenvalue weighted by molar-refractivity contribution is -0.137. The van der Waals surface area contributed by atoms with Gasteiger partial charge >= 0.3 is 19.3 Å². The van der Waals surface area contributed by atoms with Crippen LogP contribution in [0.2, 0.25) is 0 Å². The Morgan fingerprint density at radius 3 is 2.00 bits per heavy atom. The molecule has 0 unspecified atom stereocenters. The molecule has 0 atom stereocenters. The molecule has 0 aromatic heterocycles. The SMILES string of the molecule is CC1(C)OB(c2ccc(N(C(N)=O)c3cc(C(F)(F)F)ccc3F)cc2)OC1(C)C. The van der Waals surface area contributed by atoms with Crippen molar-refractivity contribution in [3.05, 3.63) is 53.8 Å². The van der Waals surface area contributed by atoms with Gasteiger partial charge in [-0.25, -0.2) is 9.18 Å². The molecular weight excluding hydrogens is 403 g/mol. The normalized spacial score (nSPS) is 17.8. The molecule has 0 spiro atoms. The molecule has 0 aliphatic carbocycles. The first kappa shape index (κ1) is 22.1. The third-order valence-corrected chi connectivity index (χ3v) is 5.41. The number of carbonyl (C=O) groups is 1. The molecule has 2 amide bonds. The van der Waals surface area contributed by atoms with Gasteiger partial charge < -0.3 is 15.0 Å². The number of halogens is 4. The van der Waals surface area contributed by atoms with Gasteiger partial charge in [-0.1, -0.05) is 12.1 Å². The second-order valence-corrected chi connectivity index (χ2v) is 8.02. The molecule has 1 aliphatic heterocycles. The number of urea groups is 1. The quantitative estimate of drug-likeness (QED) is 0.589. The highest BCUT2D eigenvalue weighted by molar-refractivity contribution is 6.62. The summed E-state index contributed by atoms with van der Waals surface area (Å²) in [6.45, 7) is 7.58. The van der Waals surface area contributed by atoms with E-state index in [4.69, 9.17) is 15.0 Å². The number of primary amides is 1. The average Bonchev–Trinajstić information content (AvgIpc) is 2.83. The molecule has 2 aromatic carbocycles. The van der Waals surface area contributed by atoms with E-state index in [-0.39, 0.29) is 5.69 Å². The van der Waals surface area contributed by atoms with Crippen molar-refractivity contribution in [2.75, 3.05) is 4.90 Å². The van der Waals surface area contributed by atoms with Gasteiger partial charge in [0.25, 0.3) is 0 Å². The maximum atomic E-state index is 14.3. The Hall–Kier alpha value is -2.59. The number of benzene rings is 2. The summed E-state index contributed by atoms with van der Waals surface area (Å²) in [6, 6.07) is 6.69. The Morgan fingerprint density at radius 2 is 1.53 bits per heavy atom. The number of nitrogens with two attached hydrogens (primary N) is 1. The van der Waals surface area contributed by atoms with E-state index in [0.717, 1.165) is 0 Å². The maximum absolute atomic E-state index is 14.3. The largest absolute Gasteiger partial charge is 0.494 e. The van der Waals surface area contributed by atoms with Gasteiger partial charge in [0.1, 0.15) is 5.82 Å². The molecule has 0 saturated carbocycles. The molecule has 1 fully saturated rings. The zero-order valence-electron chi connectivity index (χ0n) is 16.9. The fraction of sp³-hybridized carbons (Fsp3) is 0.350. The van der Waals surface area contributed by atoms with E-state index in [1.165, 1.54) is 12.1 Å². The van der Waals surface area contributed by atoms with Crippen molar-refractivity contribution < 1.29 is 31.7 Å². The number of amides is 2. The van der Waals surface area contributed by atoms with Gasteiger partial charge in [-0.2, -0.15) is 13.2 Å². The smallest absolute Gasteiger partial charge is 0.399 e. The van der Waals surface area contributed by atoms with Gasteiger partial charge in [-0.3, -0.25) is 4.90 Å². The third kappa shape index (κ3) is 4.02. The molecule has 2 aromatic rings. The van der Waals surface area contributed by atoms with Crippen molar-refractivity contribution in [2.45, 2.75) is 45.1 Å². The minimum Gasteiger partial charge on any atom is -0.399 e. The maximum Gasteiger partial charge on any atom is 0.494 e. The minimum atomic E-state index is -4.70. The second-order valence-electron chi connectivity index (χ2n) is 8.02. The van der Waals surface area contributed by atoms with Crippen LogP contribution in [0.25, 0.3) is 0 Å². The number of nitrogens with zero attached hydrogens (tertiary/aromatic N) is 1. The summed E-state index contributed by atoms with van der Waals surface area (Å²) >= 11 is 0. The molecule has 3 rings (SSSR count). The standard InChI is InChI=1S/C20H21BF4N2O3/c1-18(2)19(3,4)30-21(29-18)13-6-8-14(9-7-13)27(17(26)28)16-11-12(20(23,24)25)5-10-15(16)22/h5-11H,1-4H3,(H2,26,28). The predicted octanol–water partition coefficient (Wildman–Crippen LogP) is 4.36. The first-order chi connectivity index (χ1) is 13.7. The highest BCUT2D eigenvalue weighted by atomic mass is 19.4. The molecule has 1 saturated heterocycles. The molecule has 0 bridgehead atoms. The van der Waals surface area contributed by atoms with E-state index in [2.05, 4.69) is 0 Å². The van der Waals surface area contributed by atoms with Gasteiger partial charge in [0.05, 0.1) is 28.1 Å². The van der Waals surface area contributed by atoms with Crippen molar-refractivity contribution in [3.63, 3.8) is 0 Å². The van der Waals surface area contributed by atoms with Crippen LogP contribution < -0.4 is 16.1 Å². The van der Waals surface area contributed by atoms with Gasteiger partial charge in [0.15, 0.2) is 0 Å². The van der Waals surface area contributed by atoms with Crippen molar-refractivity contribution >= 4 is 30.0 Å². The van der Waals surface area contributed by atoms with Crippen molar-refractivity contribution in [2.24, 2.45) is 5.73 Å². The average molecular weight is 424 g/mol. The van der Waals surface area contributed by atoms with Crippen molar-refractivity contribution in [1.82, 2.24) is 0 Å². The van der Waals surface area contributed by atoms with E-state index in [0.29, 0.717) is 28.6 Å². The zero-order chi connectivity index (χ0) is 22.5. The number of carbonyl (C=O) groups excluding carboxylic acids is 1. The highest BCUT2D eigenvalue weighted by Gasteiger charge is 2.51. The zero-order valence-corrected chi connectivity index (χ0v) is 16.9. The van der Waals surface area contributed by atoms with E-state index >= 15 is 0 Å². The Bertz CT molecular complexity index is 946. The van der Waals surface area contributed by atoms with Gasteiger partial charge in [-0.15, -0.1) is 0 Å². The number of alkyl halides is 3. The molecular formula is C20H21BF4N2O3. The third-order valence-electron chi connectivity index (χ3n) is 5.41. The van der Waals surface area contributed by atoms with Crippen LogP contribution in [-0.2, 0) is 15.5 Å². The summed E-state index contributed by atoms with van der Waals surface area (Å²) in [5.74, 6) is -1.02. The highest BCUT2D eigenvalue weighted by Crippen LogP contribution is 2.37. The molecule has 10 heteroatoms. The predicted molar refractivity (Wildman–Crippen MR) is 105 cm³/mol. The van der Waals surface area contributed by atoms with Crippen LogP contribution in [0, 0.1) is 5.82 Å². The van der Waals surface area contributed by atoms with Crippen LogP contribution in [0.4, 0.5) is 33.7 Å². The Labute approximate surface area is 171 Å². The van der Waals surface area contributed by atoms with Crippen LogP contribution in [0.5, 0.6) is 0 Å². The van der Waals surface area contributed by atoms with Crippen molar-refractivity contribution in [3.8, 4) is 0 Å². The summed E-state index contributed by atoms with van der Waals surface area (Å²) in [7, 11) is -0.670. The van der Waals surface area contributed by atoms with Gasteiger partial charge in [-0.05, 0) is 63.5 Å². The number of rotatable bonds is 3. The lowest BCUT2D eigenvalue weighted by atomic mass is 9.79. The van der Waals surface area contributed by atoms with Crippen LogP contribution in [0.3, 0.4) is 0 Å². The first-order valence-corrected chi connectivity index (χ1v) is 9.15. The van der Waals surface area contributed by atoms with Crippen LogP contribution in [-0.4, -0.2) is 24.4 Å². The summed E-state index contributed by atoms with van der Waals surface area (Å²) < 4.78 is 65.3. The molecule has 160 valence electrons. The monoisotopic (exact) mass is 424 g/mol. The topological polar surface area (TPSA) is 64.8 Å². The minimum absolute atomic E-state index is 0.0981. The molecule has 5 nitrogen and oxygen atoms in total. The fourth-order valence-electron chi connectivity index (χ4n) is 3.01. The molecule has 2 N–H and O–H groups in total. The van der Waals surface area contributed by atoms with Crippen molar-refractivity contribution in [1.29, 1.82) is 0 Å². The van der Waals surface area contributed by atoms with E-state index < -0.39 is 47.6 Å². The lowest BCUT2D eigenvalue weighted by Crippen LogP contribution is -2.41. The molecule has 30 heavy (non-hydrogen) atoms. The summed E-state index contributed by atoms with van der Waals surface area (Å²) in [6.07, 6.45) is -4.70. The number of anilines is 2. The lowest BCUT2D eigenvalue weighted by Gasteiger charge is -2.32. The van der Waals surface area contributed by atoms with Crippen LogP contribution in [0.1, 0.15) is 33.3 Å². The molecule has 1 aliphatic rings. The van der Waals surface area contributed by atoms with Crippen LogP contribution >= 0.6 is 0 Å². The number of hydrogen-bond donors (Lipinski definition) is 1. The number of hydrogen-bond acceptors (Lipinski definition) is 3. The first-order valence-electron chi connectivity index (χ1n) is 9.15. The Kier molecular flexibility index (Phi) is 5.36. The van der Waals surface area contributed by atoms with E-state index in [9.17, 15) is 22.4 Å². The summed E-state index contributed by atoms with van der Waals surface area (Å²) in [5.41, 5.74) is 3.27. The Morgan fingerprint density at radius 1 is 1.00 bits per heavy atom. The van der Waals surface area contributed by atoms with Gasteiger partial charge in [0.2, 0.25) is 0 Å². The molecule has 1 heterocycles. The fourth-order valence-corrected chi connectivity index (χ4v) is 3.01. The summed E-state index contributed by atoms with van der Waals surface area (Å²) in [5, 5.41) is 0. The molecule has 0 radical (unpaired) electrons.